The van der Waals surface area contributed by atoms with Crippen LogP contribution in [0.3, 0.4) is 0 Å². The zero-order valence-corrected chi connectivity index (χ0v) is 21.8. The zero-order valence-electron chi connectivity index (χ0n) is 20.9. The van der Waals surface area contributed by atoms with Gasteiger partial charge in [-0.05, 0) is 43.5 Å². The fraction of sp³-hybridized carbons (Fsp3) is 0.259. The van der Waals surface area contributed by atoms with Crippen LogP contribution in [-0.2, 0) is 11.2 Å². The average Bonchev–Trinajstić information content (AvgIpc) is 3.67. The summed E-state index contributed by atoms with van der Waals surface area (Å²) in [4.78, 5) is 31.9. The zero-order chi connectivity index (χ0) is 26.8. The normalized spacial score (nSPS) is 15.0. The van der Waals surface area contributed by atoms with E-state index in [4.69, 9.17) is 0 Å². The van der Waals surface area contributed by atoms with E-state index in [0.29, 0.717) is 45.7 Å². The molecule has 4 aromatic rings. The molecule has 38 heavy (non-hydrogen) atoms. The molecule has 1 aliphatic rings. The van der Waals surface area contributed by atoms with Gasteiger partial charge in [-0.1, -0.05) is 35.6 Å². The van der Waals surface area contributed by atoms with Gasteiger partial charge in [-0.3, -0.25) is 14.3 Å². The second-order valence-corrected chi connectivity index (χ2v) is 10.3. The van der Waals surface area contributed by atoms with Crippen LogP contribution in [0.15, 0.2) is 54.9 Å². The molecule has 0 saturated carbocycles. The number of carbonyl (C=O) groups excluding carboxylic acids is 2. The molecule has 3 N–H and O–H groups in total. The van der Waals surface area contributed by atoms with Gasteiger partial charge in [0.2, 0.25) is 5.91 Å². The maximum Gasteiger partial charge on any atom is 0.267 e. The number of amides is 2. The van der Waals surface area contributed by atoms with Crippen molar-refractivity contribution in [2.24, 2.45) is 0 Å². The van der Waals surface area contributed by atoms with Gasteiger partial charge < -0.3 is 20.6 Å². The van der Waals surface area contributed by atoms with Crippen LogP contribution in [0, 0.1) is 19.7 Å². The average molecular weight is 535 g/mol. The molecule has 1 atom stereocenters. The molecule has 0 bridgehead atoms. The number of hydrogen-bond donors (Lipinski definition) is 3. The molecule has 3 heterocycles. The molecule has 1 fully saturated rings. The second kappa shape index (κ2) is 10.6. The quantitative estimate of drug-likeness (QED) is 0.314. The molecule has 5 rings (SSSR count). The number of likely N-dealkylation sites (tertiary alicyclic amines) is 1. The summed E-state index contributed by atoms with van der Waals surface area (Å²) in [5.74, 6) is -0.0984. The summed E-state index contributed by atoms with van der Waals surface area (Å²) < 4.78 is 15.7. The molecular formula is C27H27FN6O3S. The van der Waals surface area contributed by atoms with Crippen LogP contribution in [-0.4, -0.2) is 49.7 Å². The summed E-state index contributed by atoms with van der Waals surface area (Å²) in [7, 11) is 0. The number of hydrogen-bond acceptors (Lipinski definition) is 7. The maximum absolute atomic E-state index is 13.9. The number of aromatic nitrogens is 3. The lowest BCUT2D eigenvalue weighted by atomic mass is 10.1. The lowest BCUT2D eigenvalue weighted by Gasteiger charge is -2.17. The fourth-order valence-electron chi connectivity index (χ4n) is 4.46. The Labute approximate surface area is 222 Å². The minimum Gasteiger partial charge on any atom is -0.508 e. The standard InChI is InChI=1S/C27H27FN6O3S/c1-16-7-8-21(35)17(2)25(16)31-26(37)22-14-29-27(38-22)30-23-10-12-34(32-23)19-9-11-33(15-19)24(36)13-18-5-3-4-6-20(18)28/h3-8,10,12,14,19,35H,9,11,13,15H2,1-2H3,(H,31,37)(H,29,30,32)/t19-/m1/s1. The largest absolute Gasteiger partial charge is 0.508 e. The van der Waals surface area contributed by atoms with Crippen molar-refractivity contribution < 1.29 is 19.1 Å². The third kappa shape index (κ3) is 5.37. The highest BCUT2D eigenvalue weighted by Gasteiger charge is 2.28. The number of aromatic hydroxyl groups is 1. The fourth-order valence-corrected chi connectivity index (χ4v) is 5.18. The molecule has 196 valence electrons. The van der Waals surface area contributed by atoms with Gasteiger partial charge in [-0.15, -0.1) is 0 Å². The van der Waals surface area contributed by atoms with E-state index < -0.39 is 0 Å². The lowest BCUT2D eigenvalue weighted by Crippen LogP contribution is -2.30. The van der Waals surface area contributed by atoms with Crippen molar-refractivity contribution in [2.75, 3.05) is 23.7 Å². The topological polar surface area (TPSA) is 112 Å². The Hall–Kier alpha value is -4.25. The van der Waals surface area contributed by atoms with Crippen LogP contribution in [0.1, 0.15) is 38.8 Å². The number of thiazole rings is 1. The molecule has 2 amide bonds. The van der Waals surface area contributed by atoms with E-state index in [-0.39, 0.29) is 35.8 Å². The summed E-state index contributed by atoms with van der Waals surface area (Å²) in [5, 5.41) is 21.0. The Kier molecular flexibility index (Phi) is 7.10. The molecular weight excluding hydrogens is 507 g/mol. The maximum atomic E-state index is 13.9. The van der Waals surface area contributed by atoms with Crippen molar-refractivity contribution in [1.29, 1.82) is 0 Å². The Morgan fingerprint density at radius 2 is 2.00 bits per heavy atom. The van der Waals surface area contributed by atoms with Crippen molar-refractivity contribution in [2.45, 2.75) is 32.7 Å². The van der Waals surface area contributed by atoms with Gasteiger partial charge in [0, 0.05) is 30.9 Å². The van der Waals surface area contributed by atoms with Gasteiger partial charge in [0.1, 0.15) is 16.4 Å². The summed E-state index contributed by atoms with van der Waals surface area (Å²) in [6, 6.07) is 11.5. The van der Waals surface area contributed by atoms with E-state index in [1.165, 1.54) is 23.6 Å². The third-order valence-corrected chi connectivity index (χ3v) is 7.56. The van der Waals surface area contributed by atoms with E-state index >= 15 is 0 Å². The molecule has 0 aliphatic carbocycles. The van der Waals surface area contributed by atoms with Crippen molar-refractivity contribution >= 4 is 39.8 Å². The van der Waals surface area contributed by atoms with Crippen molar-refractivity contribution in [3.05, 3.63) is 82.2 Å². The van der Waals surface area contributed by atoms with Gasteiger partial charge in [-0.2, -0.15) is 5.10 Å². The predicted octanol–water partition coefficient (Wildman–Crippen LogP) is 4.81. The first-order valence-corrected chi connectivity index (χ1v) is 13.0. The number of rotatable bonds is 7. The first-order chi connectivity index (χ1) is 18.3. The highest BCUT2D eigenvalue weighted by Crippen LogP contribution is 2.30. The number of phenols is 1. The van der Waals surface area contributed by atoms with Gasteiger partial charge in [0.05, 0.1) is 24.3 Å². The molecule has 0 spiro atoms. The second-order valence-electron chi connectivity index (χ2n) is 9.24. The van der Waals surface area contributed by atoms with Crippen LogP contribution < -0.4 is 10.6 Å². The first kappa shape index (κ1) is 25.4. The van der Waals surface area contributed by atoms with Crippen molar-refractivity contribution in [3.63, 3.8) is 0 Å². The Balaban J connectivity index is 1.18. The van der Waals surface area contributed by atoms with E-state index in [1.54, 1.807) is 42.2 Å². The van der Waals surface area contributed by atoms with Crippen LogP contribution in [0.2, 0.25) is 0 Å². The van der Waals surface area contributed by atoms with Gasteiger partial charge in [-0.25, -0.2) is 9.37 Å². The molecule has 11 heteroatoms. The van der Waals surface area contributed by atoms with E-state index in [9.17, 15) is 19.1 Å². The van der Waals surface area contributed by atoms with Crippen molar-refractivity contribution in [1.82, 2.24) is 19.7 Å². The van der Waals surface area contributed by atoms with Gasteiger partial charge in [0.15, 0.2) is 10.9 Å². The number of anilines is 3. The molecule has 2 aromatic heterocycles. The number of nitrogens with zero attached hydrogens (tertiary/aromatic N) is 4. The minimum atomic E-state index is -0.369. The highest BCUT2D eigenvalue weighted by molar-refractivity contribution is 7.17. The molecule has 2 aromatic carbocycles. The van der Waals surface area contributed by atoms with Gasteiger partial charge >= 0.3 is 0 Å². The summed E-state index contributed by atoms with van der Waals surface area (Å²) in [6.07, 6.45) is 4.12. The lowest BCUT2D eigenvalue weighted by molar-refractivity contribution is -0.129. The van der Waals surface area contributed by atoms with Crippen LogP contribution >= 0.6 is 11.3 Å². The first-order valence-electron chi connectivity index (χ1n) is 12.2. The number of halogens is 1. The third-order valence-electron chi connectivity index (χ3n) is 6.65. The van der Waals surface area contributed by atoms with Crippen LogP contribution in [0.5, 0.6) is 5.75 Å². The van der Waals surface area contributed by atoms with E-state index in [0.717, 1.165) is 12.0 Å². The highest BCUT2D eigenvalue weighted by atomic mass is 32.1. The summed E-state index contributed by atoms with van der Waals surface area (Å²) >= 11 is 1.19. The Morgan fingerprint density at radius 3 is 2.82 bits per heavy atom. The van der Waals surface area contributed by atoms with Gasteiger partial charge in [0.25, 0.3) is 5.91 Å². The predicted molar refractivity (Wildman–Crippen MR) is 143 cm³/mol. The number of benzene rings is 2. The molecule has 0 radical (unpaired) electrons. The molecule has 0 unspecified atom stereocenters. The smallest absolute Gasteiger partial charge is 0.267 e. The number of phenolic OH excluding ortho intramolecular Hbond substituents is 1. The minimum absolute atomic E-state index is 0.0153. The Bertz CT molecular complexity index is 1500. The summed E-state index contributed by atoms with van der Waals surface area (Å²) in [6.45, 7) is 4.70. The summed E-state index contributed by atoms with van der Waals surface area (Å²) in [5.41, 5.74) is 2.43. The number of carbonyl (C=O) groups is 2. The monoisotopic (exact) mass is 534 g/mol. The van der Waals surface area contributed by atoms with E-state index in [1.807, 2.05) is 23.9 Å². The molecule has 1 aliphatic heterocycles. The molecule has 9 nitrogen and oxygen atoms in total. The SMILES string of the molecule is Cc1ccc(O)c(C)c1NC(=O)c1cnc(Nc2ccn([C@@H]3CCN(C(=O)Cc4ccccc4F)C3)n2)s1. The Morgan fingerprint density at radius 1 is 1.18 bits per heavy atom. The molecule has 1 saturated heterocycles. The van der Waals surface area contributed by atoms with Crippen molar-refractivity contribution in [3.8, 4) is 5.75 Å². The van der Waals surface area contributed by atoms with Crippen LogP contribution in [0.25, 0.3) is 0 Å². The number of aryl methyl sites for hydroxylation is 1. The van der Waals surface area contributed by atoms with E-state index in [2.05, 4.69) is 20.7 Å². The number of nitrogens with one attached hydrogen (secondary N) is 2. The van der Waals surface area contributed by atoms with Crippen LogP contribution in [0.4, 0.5) is 21.0 Å².